The second-order valence-electron chi connectivity index (χ2n) is 3.38. The van der Waals surface area contributed by atoms with E-state index in [2.05, 4.69) is 36.0 Å². The van der Waals surface area contributed by atoms with Crippen molar-refractivity contribution in [2.45, 2.75) is 19.8 Å². The van der Waals surface area contributed by atoms with E-state index in [1.54, 1.807) is 0 Å². The van der Waals surface area contributed by atoms with Crippen LogP contribution < -0.4 is 5.73 Å². The second-order valence-corrected chi connectivity index (χ2v) is 3.38. The molecule has 0 atom stereocenters. The first-order chi connectivity index (χ1) is 6.24. The number of hydrogen-bond acceptors (Lipinski definition) is 1. The fourth-order valence-electron chi connectivity index (χ4n) is 1.29. The van der Waals surface area contributed by atoms with E-state index >= 15 is 0 Å². The molecule has 2 heteroatoms. The van der Waals surface area contributed by atoms with Crippen LogP contribution in [0.5, 0.6) is 0 Å². The molecule has 0 aliphatic carbocycles. The molecule has 0 fully saturated rings. The number of hydrogen-bond donors (Lipinski definition) is 1. The summed E-state index contributed by atoms with van der Waals surface area (Å²) < 4.78 is 2.07. The fraction of sp³-hybridized carbons (Fsp3) is 0.455. The highest BCUT2D eigenvalue weighted by Gasteiger charge is 1.95. The SMILES string of the molecule is C/C(=C\CCCN)c1ccn(C)c1. The molecular formula is C11H18N2. The number of rotatable bonds is 4. The van der Waals surface area contributed by atoms with Crippen LogP contribution in [0.1, 0.15) is 25.3 Å². The molecule has 0 aliphatic rings. The summed E-state index contributed by atoms with van der Waals surface area (Å²) in [6.07, 6.45) is 8.60. The van der Waals surface area contributed by atoms with E-state index < -0.39 is 0 Å². The van der Waals surface area contributed by atoms with Gasteiger partial charge in [0.15, 0.2) is 0 Å². The van der Waals surface area contributed by atoms with Gasteiger partial charge < -0.3 is 10.3 Å². The molecule has 0 saturated carbocycles. The minimum Gasteiger partial charge on any atom is -0.357 e. The van der Waals surface area contributed by atoms with Crippen LogP contribution in [-0.2, 0) is 7.05 Å². The molecule has 13 heavy (non-hydrogen) atoms. The largest absolute Gasteiger partial charge is 0.357 e. The van der Waals surface area contributed by atoms with Crippen LogP contribution in [0.2, 0.25) is 0 Å². The Morgan fingerprint density at radius 3 is 2.92 bits per heavy atom. The van der Waals surface area contributed by atoms with Crippen LogP contribution in [-0.4, -0.2) is 11.1 Å². The van der Waals surface area contributed by atoms with Gasteiger partial charge in [-0.3, -0.25) is 0 Å². The van der Waals surface area contributed by atoms with Gasteiger partial charge in [-0.25, -0.2) is 0 Å². The number of nitrogens with two attached hydrogens (primary N) is 1. The molecule has 0 unspecified atom stereocenters. The van der Waals surface area contributed by atoms with Crippen molar-refractivity contribution >= 4 is 5.57 Å². The van der Waals surface area contributed by atoms with Crippen LogP contribution in [0.3, 0.4) is 0 Å². The second kappa shape index (κ2) is 4.87. The van der Waals surface area contributed by atoms with E-state index in [0.29, 0.717) is 0 Å². The van der Waals surface area contributed by atoms with Gasteiger partial charge >= 0.3 is 0 Å². The Labute approximate surface area is 80.1 Å². The van der Waals surface area contributed by atoms with Crippen molar-refractivity contribution < 1.29 is 0 Å². The molecule has 0 aromatic carbocycles. The molecule has 1 aromatic rings. The van der Waals surface area contributed by atoms with Crippen molar-refractivity contribution in [3.05, 3.63) is 30.1 Å². The zero-order chi connectivity index (χ0) is 9.68. The van der Waals surface area contributed by atoms with E-state index in [9.17, 15) is 0 Å². The minimum atomic E-state index is 0.776. The molecule has 0 bridgehead atoms. The lowest BCUT2D eigenvalue weighted by molar-refractivity contribution is 0.855. The Bertz CT molecular complexity index is 284. The maximum atomic E-state index is 5.42. The summed E-state index contributed by atoms with van der Waals surface area (Å²) in [7, 11) is 2.04. The van der Waals surface area contributed by atoms with Gasteiger partial charge in [0.25, 0.3) is 0 Å². The molecule has 1 rings (SSSR count). The zero-order valence-electron chi connectivity index (χ0n) is 8.46. The Morgan fingerprint density at radius 2 is 2.38 bits per heavy atom. The van der Waals surface area contributed by atoms with Gasteiger partial charge in [-0.05, 0) is 43.5 Å². The Balaban J connectivity index is 2.56. The summed E-state index contributed by atoms with van der Waals surface area (Å²) in [6.45, 7) is 2.92. The highest BCUT2D eigenvalue weighted by atomic mass is 14.9. The summed E-state index contributed by atoms with van der Waals surface area (Å²) in [5.74, 6) is 0. The maximum Gasteiger partial charge on any atom is 0.0107 e. The third kappa shape index (κ3) is 3.07. The number of allylic oxidation sites excluding steroid dienone is 2. The number of aromatic nitrogens is 1. The van der Waals surface area contributed by atoms with E-state index in [0.717, 1.165) is 19.4 Å². The van der Waals surface area contributed by atoms with Crippen molar-refractivity contribution in [3.63, 3.8) is 0 Å². The van der Waals surface area contributed by atoms with Gasteiger partial charge in [0.05, 0.1) is 0 Å². The lowest BCUT2D eigenvalue weighted by Crippen LogP contribution is -1.96. The highest BCUT2D eigenvalue weighted by Crippen LogP contribution is 2.14. The van der Waals surface area contributed by atoms with Crippen LogP contribution in [0.25, 0.3) is 5.57 Å². The van der Waals surface area contributed by atoms with Crippen LogP contribution >= 0.6 is 0 Å². The van der Waals surface area contributed by atoms with Crippen LogP contribution in [0, 0.1) is 0 Å². The first-order valence-electron chi connectivity index (χ1n) is 4.73. The fourth-order valence-corrected chi connectivity index (χ4v) is 1.29. The van der Waals surface area contributed by atoms with Crippen molar-refractivity contribution in [2.75, 3.05) is 6.54 Å². The summed E-state index contributed by atoms with van der Waals surface area (Å²) in [6, 6.07) is 2.13. The van der Waals surface area contributed by atoms with E-state index in [1.165, 1.54) is 11.1 Å². The van der Waals surface area contributed by atoms with Crippen LogP contribution in [0.4, 0.5) is 0 Å². The van der Waals surface area contributed by atoms with Gasteiger partial charge in [-0.15, -0.1) is 0 Å². The number of aryl methyl sites for hydroxylation is 1. The highest BCUT2D eigenvalue weighted by molar-refractivity contribution is 5.62. The molecule has 0 spiro atoms. The summed E-state index contributed by atoms with van der Waals surface area (Å²) in [4.78, 5) is 0. The third-order valence-corrected chi connectivity index (χ3v) is 2.15. The Kier molecular flexibility index (Phi) is 3.77. The number of nitrogens with zero attached hydrogens (tertiary/aromatic N) is 1. The molecule has 2 N–H and O–H groups in total. The molecular weight excluding hydrogens is 160 g/mol. The molecule has 0 radical (unpaired) electrons. The average Bonchev–Trinajstić information content (AvgIpc) is 2.52. The lowest BCUT2D eigenvalue weighted by atomic mass is 10.1. The maximum absolute atomic E-state index is 5.42. The standard InChI is InChI=1S/C11H18N2/c1-10(5-3-4-7-12)11-6-8-13(2)9-11/h5-6,8-9H,3-4,7,12H2,1-2H3/b10-5+. The van der Waals surface area contributed by atoms with Gasteiger partial charge in [0, 0.05) is 19.4 Å². The van der Waals surface area contributed by atoms with Crippen molar-refractivity contribution in [1.82, 2.24) is 4.57 Å². The zero-order valence-corrected chi connectivity index (χ0v) is 8.46. The normalized spacial score (nSPS) is 12.1. The molecule has 0 amide bonds. The van der Waals surface area contributed by atoms with E-state index in [4.69, 9.17) is 5.73 Å². The van der Waals surface area contributed by atoms with Crippen molar-refractivity contribution in [1.29, 1.82) is 0 Å². The predicted octanol–water partition coefficient (Wildman–Crippen LogP) is 2.17. The van der Waals surface area contributed by atoms with Gasteiger partial charge in [-0.2, -0.15) is 0 Å². The molecule has 2 nitrogen and oxygen atoms in total. The topological polar surface area (TPSA) is 30.9 Å². The summed E-state index contributed by atoms with van der Waals surface area (Å²) >= 11 is 0. The predicted molar refractivity (Wildman–Crippen MR) is 57.4 cm³/mol. The molecule has 1 heterocycles. The lowest BCUT2D eigenvalue weighted by Gasteiger charge is -1.97. The molecule has 0 saturated heterocycles. The van der Waals surface area contributed by atoms with Crippen molar-refractivity contribution in [2.24, 2.45) is 12.8 Å². The minimum absolute atomic E-state index is 0.776. The van der Waals surface area contributed by atoms with Gasteiger partial charge in [0.2, 0.25) is 0 Å². The molecule has 1 aromatic heterocycles. The third-order valence-electron chi connectivity index (χ3n) is 2.15. The van der Waals surface area contributed by atoms with E-state index in [1.807, 2.05) is 7.05 Å². The first kappa shape index (κ1) is 10.1. The Morgan fingerprint density at radius 1 is 1.62 bits per heavy atom. The van der Waals surface area contributed by atoms with Crippen molar-refractivity contribution in [3.8, 4) is 0 Å². The molecule has 72 valence electrons. The molecule has 0 aliphatic heterocycles. The quantitative estimate of drug-likeness (QED) is 0.704. The first-order valence-corrected chi connectivity index (χ1v) is 4.73. The van der Waals surface area contributed by atoms with Gasteiger partial charge in [-0.1, -0.05) is 6.08 Å². The average molecular weight is 178 g/mol. The Hall–Kier alpha value is -1.02. The number of unbranched alkanes of at least 4 members (excludes halogenated alkanes) is 1. The summed E-state index contributed by atoms with van der Waals surface area (Å²) in [5.41, 5.74) is 8.07. The summed E-state index contributed by atoms with van der Waals surface area (Å²) in [5, 5.41) is 0. The monoisotopic (exact) mass is 178 g/mol. The smallest absolute Gasteiger partial charge is 0.0107 e. The van der Waals surface area contributed by atoms with Crippen LogP contribution in [0.15, 0.2) is 24.5 Å². The van der Waals surface area contributed by atoms with E-state index in [-0.39, 0.29) is 0 Å². The van der Waals surface area contributed by atoms with Gasteiger partial charge in [0.1, 0.15) is 0 Å².